The lowest BCUT2D eigenvalue weighted by atomic mass is 10.4. The molecule has 0 spiro atoms. The van der Waals surface area contributed by atoms with Gasteiger partial charge in [0.25, 0.3) is 0 Å². The standard InChI is InChI=1S/C7H17NOSi/c1-6(9)7(8-2)10(3,4)5/h6,9H,1-5H3. The molecule has 3 heteroatoms. The zero-order valence-electron chi connectivity index (χ0n) is 7.47. The normalized spacial score (nSPS) is 17.2. The molecule has 0 aliphatic heterocycles. The largest absolute Gasteiger partial charge is 0.388 e. The first kappa shape index (κ1) is 9.85. The van der Waals surface area contributed by atoms with E-state index in [0.29, 0.717) is 0 Å². The highest BCUT2D eigenvalue weighted by atomic mass is 28.3. The molecule has 10 heavy (non-hydrogen) atoms. The predicted molar refractivity (Wildman–Crippen MR) is 48.4 cm³/mol. The van der Waals surface area contributed by atoms with Gasteiger partial charge >= 0.3 is 0 Å². The van der Waals surface area contributed by atoms with Crippen LogP contribution in [0.1, 0.15) is 6.92 Å². The van der Waals surface area contributed by atoms with Gasteiger partial charge < -0.3 is 5.11 Å². The van der Waals surface area contributed by atoms with Crippen molar-refractivity contribution >= 4 is 13.4 Å². The molecule has 0 aliphatic carbocycles. The van der Waals surface area contributed by atoms with Crippen LogP contribution in [0.3, 0.4) is 0 Å². The number of hydrogen-bond donors (Lipinski definition) is 1. The van der Waals surface area contributed by atoms with Crippen LogP contribution in [-0.4, -0.2) is 31.7 Å². The van der Waals surface area contributed by atoms with Crippen LogP contribution in [0.2, 0.25) is 19.6 Å². The highest BCUT2D eigenvalue weighted by Gasteiger charge is 2.24. The fraction of sp³-hybridized carbons (Fsp3) is 0.857. The van der Waals surface area contributed by atoms with E-state index in [2.05, 4.69) is 24.6 Å². The minimum absolute atomic E-state index is 0.364. The van der Waals surface area contributed by atoms with Crippen LogP contribution in [0.5, 0.6) is 0 Å². The molecule has 2 nitrogen and oxygen atoms in total. The number of aliphatic imine (C=N–C) groups is 1. The van der Waals surface area contributed by atoms with Crippen molar-refractivity contribution in [2.24, 2.45) is 4.99 Å². The van der Waals surface area contributed by atoms with Crippen molar-refractivity contribution in [3.63, 3.8) is 0 Å². The lowest BCUT2D eigenvalue weighted by molar-refractivity contribution is 0.264. The van der Waals surface area contributed by atoms with E-state index in [9.17, 15) is 5.11 Å². The van der Waals surface area contributed by atoms with Crippen LogP contribution in [0.25, 0.3) is 0 Å². The zero-order chi connectivity index (χ0) is 8.36. The highest BCUT2D eigenvalue weighted by Crippen LogP contribution is 2.06. The van der Waals surface area contributed by atoms with Gasteiger partial charge in [0.1, 0.15) is 0 Å². The van der Waals surface area contributed by atoms with E-state index in [1.54, 1.807) is 14.0 Å². The maximum Gasteiger partial charge on any atom is 0.0987 e. The molecule has 0 amide bonds. The Labute approximate surface area is 64.0 Å². The molecule has 0 bridgehead atoms. The Kier molecular flexibility index (Phi) is 3.25. The van der Waals surface area contributed by atoms with Crippen molar-refractivity contribution in [3.05, 3.63) is 0 Å². The van der Waals surface area contributed by atoms with Crippen LogP contribution < -0.4 is 0 Å². The van der Waals surface area contributed by atoms with Crippen molar-refractivity contribution in [1.82, 2.24) is 0 Å². The molecule has 0 saturated carbocycles. The Morgan fingerprint density at radius 1 is 1.40 bits per heavy atom. The van der Waals surface area contributed by atoms with Gasteiger partial charge in [0.2, 0.25) is 0 Å². The van der Waals surface area contributed by atoms with Crippen LogP contribution in [-0.2, 0) is 0 Å². The number of aliphatic hydroxyl groups is 1. The summed E-state index contributed by atoms with van der Waals surface area (Å²) in [7, 11) is 0.401. The van der Waals surface area contributed by atoms with E-state index in [-0.39, 0.29) is 6.10 Å². The number of aliphatic hydroxyl groups excluding tert-OH is 1. The molecule has 0 aromatic heterocycles. The van der Waals surface area contributed by atoms with Crippen molar-refractivity contribution in [2.75, 3.05) is 7.05 Å². The van der Waals surface area contributed by atoms with Crippen molar-refractivity contribution in [2.45, 2.75) is 32.7 Å². The van der Waals surface area contributed by atoms with Crippen LogP contribution in [0.4, 0.5) is 0 Å². The molecule has 0 aliphatic rings. The van der Waals surface area contributed by atoms with Gasteiger partial charge in [-0.05, 0) is 6.92 Å². The molecular formula is C7H17NOSi. The first-order chi connectivity index (χ1) is 4.39. The molecule has 1 atom stereocenters. The van der Waals surface area contributed by atoms with Gasteiger partial charge in [-0.25, -0.2) is 0 Å². The van der Waals surface area contributed by atoms with Crippen LogP contribution in [0, 0.1) is 0 Å². The lowest BCUT2D eigenvalue weighted by Gasteiger charge is -2.20. The summed E-state index contributed by atoms with van der Waals surface area (Å²) < 4.78 is 0. The lowest BCUT2D eigenvalue weighted by Crippen LogP contribution is -2.40. The van der Waals surface area contributed by atoms with E-state index >= 15 is 0 Å². The summed E-state index contributed by atoms with van der Waals surface area (Å²) in [6, 6.07) is 0. The van der Waals surface area contributed by atoms with Gasteiger partial charge in [-0.2, -0.15) is 0 Å². The van der Waals surface area contributed by atoms with Crippen LogP contribution >= 0.6 is 0 Å². The highest BCUT2D eigenvalue weighted by molar-refractivity contribution is 7.04. The smallest absolute Gasteiger partial charge is 0.0987 e. The Bertz CT molecular complexity index is 135. The van der Waals surface area contributed by atoms with Gasteiger partial charge in [0.15, 0.2) is 0 Å². The first-order valence-corrected chi connectivity index (χ1v) is 7.05. The zero-order valence-corrected chi connectivity index (χ0v) is 8.47. The van der Waals surface area contributed by atoms with Crippen molar-refractivity contribution < 1.29 is 5.11 Å². The predicted octanol–water partition coefficient (Wildman–Crippen LogP) is 1.32. The van der Waals surface area contributed by atoms with E-state index in [4.69, 9.17) is 0 Å². The van der Waals surface area contributed by atoms with Crippen molar-refractivity contribution in [1.29, 1.82) is 0 Å². The molecule has 0 saturated heterocycles. The van der Waals surface area contributed by atoms with Gasteiger partial charge in [-0.15, -0.1) is 0 Å². The fourth-order valence-corrected chi connectivity index (χ4v) is 3.07. The topological polar surface area (TPSA) is 32.6 Å². The second-order valence-corrected chi connectivity index (χ2v) is 8.55. The number of hydrogen-bond acceptors (Lipinski definition) is 2. The average Bonchev–Trinajstić information content (AvgIpc) is 1.60. The minimum atomic E-state index is -1.35. The van der Waals surface area contributed by atoms with E-state index < -0.39 is 8.07 Å². The fourth-order valence-electron chi connectivity index (χ4n) is 1.15. The summed E-state index contributed by atoms with van der Waals surface area (Å²) in [4.78, 5) is 4.09. The summed E-state index contributed by atoms with van der Waals surface area (Å²) in [5, 5.41) is 10.2. The van der Waals surface area contributed by atoms with E-state index in [1.165, 1.54) is 0 Å². The van der Waals surface area contributed by atoms with Gasteiger partial charge in [0.05, 0.1) is 14.2 Å². The molecule has 1 unspecified atom stereocenters. The third-order valence-corrected chi connectivity index (χ3v) is 3.58. The molecule has 0 aromatic rings. The monoisotopic (exact) mass is 159 g/mol. The summed E-state index contributed by atoms with van der Waals surface area (Å²) in [6.07, 6.45) is -0.364. The first-order valence-electron chi connectivity index (χ1n) is 3.55. The quantitative estimate of drug-likeness (QED) is 0.478. The third-order valence-electron chi connectivity index (χ3n) is 1.41. The second-order valence-electron chi connectivity index (χ2n) is 3.53. The Balaban J connectivity index is 4.40. The maximum absolute atomic E-state index is 9.25. The molecule has 1 N–H and O–H groups in total. The Morgan fingerprint density at radius 2 is 1.80 bits per heavy atom. The molecule has 60 valence electrons. The van der Waals surface area contributed by atoms with Crippen molar-refractivity contribution in [3.8, 4) is 0 Å². The molecule has 0 aromatic carbocycles. The summed E-state index contributed by atoms with van der Waals surface area (Å²) in [5.74, 6) is 0. The summed E-state index contributed by atoms with van der Waals surface area (Å²) >= 11 is 0. The average molecular weight is 159 g/mol. The van der Waals surface area contributed by atoms with E-state index in [1.807, 2.05) is 0 Å². The Morgan fingerprint density at radius 3 is 1.80 bits per heavy atom. The summed E-state index contributed by atoms with van der Waals surface area (Å²) in [6.45, 7) is 8.33. The molecule has 0 rings (SSSR count). The molecule has 0 heterocycles. The van der Waals surface area contributed by atoms with E-state index in [0.717, 1.165) is 5.33 Å². The Hall–Kier alpha value is -0.153. The SMILES string of the molecule is CN=C(C(C)O)[Si](C)(C)C. The number of rotatable bonds is 2. The second kappa shape index (κ2) is 3.30. The maximum atomic E-state index is 9.25. The summed E-state index contributed by atoms with van der Waals surface area (Å²) in [5.41, 5.74) is 0. The van der Waals surface area contributed by atoms with Gasteiger partial charge in [0, 0.05) is 12.4 Å². The van der Waals surface area contributed by atoms with Gasteiger partial charge in [-0.1, -0.05) is 19.6 Å². The number of nitrogens with zero attached hydrogens (tertiary/aromatic N) is 1. The minimum Gasteiger partial charge on any atom is -0.388 e. The molecular weight excluding hydrogens is 142 g/mol. The molecule has 0 fully saturated rings. The third kappa shape index (κ3) is 2.62. The van der Waals surface area contributed by atoms with Crippen LogP contribution in [0.15, 0.2) is 4.99 Å². The molecule has 0 radical (unpaired) electrons. The van der Waals surface area contributed by atoms with Gasteiger partial charge in [-0.3, -0.25) is 4.99 Å².